The Morgan fingerprint density at radius 1 is 1.24 bits per heavy atom. The van der Waals surface area contributed by atoms with Gasteiger partial charge in [0.2, 0.25) is 5.56 Å². The molecule has 5 nitrogen and oxygen atoms in total. The minimum absolute atomic E-state index is 0.160. The van der Waals surface area contributed by atoms with E-state index in [0.29, 0.717) is 5.82 Å². The fourth-order valence-corrected chi connectivity index (χ4v) is 2.45. The first-order chi connectivity index (χ1) is 10.1. The van der Waals surface area contributed by atoms with Crippen LogP contribution >= 0.6 is 0 Å². The second-order valence-corrected chi connectivity index (χ2v) is 4.99. The van der Waals surface area contributed by atoms with Crippen LogP contribution in [0.4, 0.5) is 5.82 Å². The van der Waals surface area contributed by atoms with E-state index in [9.17, 15) is 4.79 Å². The van der Waals surface area contributed by atoms with Gasteiger partial charge in [0, 0.05) is 24.9 Å². The van der Waals surface area contributed by atoms with E-state index in [2.05, 4.69) is 10.1 Å². The summed E-state index contributed by atoms with van der Waals surface area (Å²) in [6.45, 7) is 2.03. The van der Waals surface area contributed by atoms with Gasteiger partial charge in [-0.1, -0.05) is 24.3 Å². The SMILES string of the molecule is Cc1ccccc1-c1c(-c2cc[nH]c(=O)c2)nn(C)c1N. The Balaban J connectivity index is 2.31. The molecule has 0 spiro atoms. The molecule has 0 saturated heterocycles. The van der Waals surface area contributed by atoms with Crippen LogP contribution in [0, 0.1) is 6.92 Å². The number of aromatic amines is 1. The van der Waals surface area contributed by atoms with Crippen LogP contribution in [-0.2, 0) is 7.05 Å². The zero-order valence-corrected chi connectivity index (χ0v) is 11.9. The lowest BCUT2D eigenvalue weighted by atomic mass is 9.97. The molecule has 0 radical (unpaired) electrons. The van der Waals surface area contributed by atoms with Crippen molar-refractivity contribution in [3.63, 3.8) is 0 Å². The van der Waals surface area contributed by atoms with Gasteiger partial charge in [0.1, 0.15) is 11.5 Å². The van der Waals surface area contributed by atoms with Gasteiger partial charge in [0.15, 0.2) is 0 Å². The normalized spacial score (nSPS) is 10.8. The monoisotopic (exact) mass is 280 g/mol. The maximum atomic E-state index is 11.5. The largest absolute Gasteiger partial charge is 0.383 e. The highest BCUT2D eigenvalue weighted by molar-refractivity contribution is 5.89. The molecule has 3 rings (SSSR count). The zero-order valence-electron chi connectivity index (χ0n) is 11.9. The summed E-state index contributed by atoms with van der Waals surface area (Å²) >= 11 is 0. The van der Waals surface area contributed by atoms with Crippen molar-refractivity contribution in [2.24, 2.45) is 7.05 Å². The number of hydrogen-bond acceptors (Lipinski definition) is 3. The van der Waals surface area contributed by atoms with Crippen LogP contribution in [0.3, 0.4) is 0 Å². The van der Waals surface area contributed by atoms with Gasteiger partial charge in [-0.3, -0.25) is 9.48 Å². The molecule has 3 aromatic rings. The molecule has 0 unspecified atom stereocenters. The van der Waals surface area contributed by atoms with Crippen LogP contribution in [0.15, 0.2) is 47.4 Å². The first-order valence-corrected chi connectivity index (χ1v) is 6.65. The van der Waals surface area contributed by atoms with Crippen molar-refractivity contribution < 1.29 is 0 Å². The lowest BCUT2D eigenvalue weighted by Gasteiger charge is -2.07. The van der Waals surface area contributed by atoms with Crippen LogP contribution < -0.4 is 11.3 Å². The molecule has 3 N–H and O–H groups in total. The molecule has 5 heteroatoms. The molecule has 0 atom stereocenters. The number of nitrogens with zero attached hydrogens (tertiary/aromatic N) is 2. The van der Waals surface area contributed by atoms with Crippen LogP contribution in [0.1, 0.15) is 5.56 Å². The number of nitrogens with one attached hydrogen (secondary N) is 1. The summed E-state index contributed by atoms with van der Waals surface area (Å²) in [5.41, 5.74) is 10.5. The van der Waals surface area contributed by atoms with Crippen LogP contribution in [0.2, 0.25) is 0 Å². The van der Waals surface area contributed by atoms with E-state index in [1.54, 1.807) is 17.9 Å². The lowest BCUT2D eigenvalue weighted by Crippen LogP contribution is -2.02. The third-order valence-corrected chi connectivity index (χ3v) is 3.55. The van der Waals surface area contributed by atoms with Crippen molar-refractivity contribution in [1.82, 2.24) is 14.8 Å². The smallest absolute Gasteiger partial charge is 0.248 e. The number of anilines is 1. The number of pyridine rings is 1. The molecule has 0 bridgehead atoms. The third-order valence-electron chi connectivity index (χ3n) is 3.55. The maximum Gasteiger partial charge on any atom is 0.248 e. The number of aromatic nitrogens is 3. The third kappa shape index (κ3) is 2.23. The average molecular weight is 280 g/mol. The molecule has 0 saturated carbocycles. The van der Waals surface area contributed by atoms with Gasteiger partial charge in [-0.05, 0) is 24.1 Å². The van der Waals surface area contributed by atoms with Crippen molar-refractivity contribution in [2.75, 3.05) is 5.73 Å². The van der Waals surface area contributed by atoms with E-state index in [1.165, 1.54) is 6.07 Å². The first kappa shape index (κ1) is 13.2. The van der Waals surface area contributed by atoms with E-state index in [4.69, 9.17) is 5.73 Å². The minimum Gasteiger partial charge on any atom is -0.383 e. The summed E-state index contributed by atoms with van der Waals surface area (Å²) in [4.78, 5) is 14.2. The van der Waals surface area contributed by atoms with E-state index in [0.717, 1.165) is 27.9 Å². The van der Waals surface area contributed by atoms with Gasteiger partial charge >= 0.3 is 0 Å². The van der Waals surface area contributed by atoms with Crippen LogP contribution in [0.5, 0.6) is 0 Å². The molecule has 106 valence electrons. The molecule has 0 fully saturated rings. The molecule has 0 aliphatic heterocycles. The Bertz CT molecular complexity index is 861. The van der Waals surface area contributed by atoms with Crippen molar-refractivity contribution >= 4 is 5.82 Å². The van der Waals surface area contributed by atoms with Crippen molar-refractivity contribution in [3.8, 4) is 22.4 Å². The highest BCUT2D eigenvalue weighted by Gasteiger charge is 2.18. The molecule has 1 aromatic carbocycles. The minimum atomic E-state index is -0.160. The lowest BCUT2D eigenvalue weighted by molar-refractivity contribution is 0.782. The molecule has 21 heavy (non-hydrogen) atoms. The summed E-state index contributed by atoms with van der Waals surface area (Å²) in [7, 11) is 1.80. The molecule has 0 amide bonds. The highest BCUT2D eigenvalue weighted by Crippen LogP contribution is 2.36. The van der Waals surface area contributed by atoms with Gasteiger partial charge in [-0.2, -0.15) is 5.10 Å². The average Bonchev–Trinajstić information content (AvgIpc) is 2.76. The standard InChI is InChI=1S/C16H16N4O/c1-10-5-3-4-6-12(10)14-15(19-20(2)16(14)17)11-7-8-18-13(21)9-11/h3-9H,17H2,1-2H3,(H,18,21). The summed E-state index contributed by atoms with van der Waals surface area (Å²) in [6, 6.07) is 11.4. The molecular formula is C16H16N4O. The Morgan fingerprint density at radius 3 is 2.71 bits per heavy atom. The number of aryl methyl sites for hydroxylation is 2. The van der Waals surface area contributed by atoms with Crippen molar-refractivity contribution in [3.05, 3.63) is 58.5 Å². The summed E-state index contributed by atoms with van der Waals surface area (Å²) in [6.07, 6.45) is 1.62. The van der Waals surface area contributed by atoms with Crippen LogP contribution in [0.25, 0.3) is 22.4 Å². The van der Waals surface area contributed by atoms with E-state index >= 15 is 0 Å². The van der Waals surface area contributed by atoms with E-state index in [1.807, 2.05) is 37.3 Å². The molecule has 2 heterocycles. The molecule has 0 aliphatic carbocycles. The fourth-order valence-electron chi connectivity index (χ4n) is 2.45. The highest BCUT2D eigenvalue weighted by atomic mass is 16.1. The predicted molar refractivity (Wildman–Crippen MR) is 83.9 cm³/mol. The van der Waals surface area contributed by atoms with Gasteiger partial charge in [0.05, 0.1) is 5.56 Å². The van der Waals surface area contributed by atoms with Crippen molar-refractivity contribution in [1.29, 1.82) is 0 Å². The number of nitrogens with two attached hydrogens (primary N) is 1. The number of hydrogen-bond donors (Lipinski definition) is 2. The van der Waals surface area contributed by atoms with Crippen molar-refractivity contribution in [2.45, 2.75) is 6.92 Å². The quantitative estimate of drug-likeness (QED) is 0.756. The first-order valence-electron chi connectivity index (χ1n) is 6.65. The number of benzene rings is 1. The van der Waals surface area contributed by atoms with E-state index in [-0.39, 0.29) is 5.56 Å². The second-order valence-electron chi connectivity index (χ2n) is 4.99. The fraction of sp³-hybridized carbons (Fsp3) is 0.125. The van der Waals surface area contributed by atoms with Gasteiger partial charge < -0.3 is 10.7 Å². The summed E-state index contributed by atoms with van der Waals surface area (Å²) < 4.78 is 1.64. The Kier molecular flexibility index (Phi) is 3.10. The van der Waals surface area contributed by atoms with E-state index < -0.39 is 0 Å². The Labute approximate surface area is 122 Å². The second kappa shape index (κ2) is 4.94. The number of nitrogen functional groups attached to an aromatic ring is 1. The molecule has 2 aromatic heterocycles. The topological polar surface area (TPSA) is 76.7 Å². The van der Waals surface area contributed by atoms with Crippen LogP contribution in [-0.4, -0.2) is 14.8 Å². The number of rotatable bonds is 2. The predicted octanol–water partition coefficient (Wildman–Crippen LogP) is 2.33. The Hall–Kier alpha value is -2.82. The maximum absolute atomic E-state index is 11.5. The zero-order chi connectivity index (χ0) is 15.0. The summed E-state index contributed by atoms with van der Waals surface area (Å²) in [5.74, 6) is 0.583. The molecular weight excluding hydrogens is 264 g/mol. The van der Waals surface area contributed by atoms with Gasteiger partial charge in [-0.25, -0.2) is 0 Å². The Morgan fingerprint density at radius 2 is 2.00 bits per heavy atom. The molecule has 0 aliphatic rings. The summed E-state index contributed by atoms with van der Waals surface area (Å²) in [5, 5.41) is 4.48. The number of H-pyrrole nitrogens is 1. The van der Waals surface area contributed by atoms with Gasteiger partial charge in [0.25, 0.3) is 0 Å². The van der Waals surface area contributed by atoms with Gasteiger partial charge in [-0.15, -0.1) is 0 Å².